The Labute approximate surface area is 189 Å². The van der Waals surface area contributed by atoms with Crippen molar-refractivity contribution in [1.82, 2.24) is 15.1 Å². The molecule has 0 fully saturated rings. The molecule has 1 N–H and O–H groups in total. The van der Waals surface area contributed by atoms with Gasteiger partial charge in [-0.05, 0) is 66.6 Å². The normalized spacial score (nSPS) is 12.9. The lowest BCUT2D eigenvalue weighted by Gasteiger charge is -2.18. The van der Waals surface area contributed by atoms with E-state index in [-0.39, 0.29) is 18.7 Å². The number of amides is 1. The molecule has 0 saturated carbocycles. The molecule has 0 bridgehead atoms. The number of benzene rings is 2. The van der Waals surface area contributed by atoms with Crippen molar-refractivity contribution in [3.63, 3.8) is 0 Å². The molecule has 3 rings (SSSR count). The first-order valence-corrected chi connectivity index (χ1v) is 11.1. The van der Waals surface area contributed by atoms with Crippen LogP contribution in [0.25, 0.3) is 0 Å². The number of aryl methyl sites for hydroxylation is 1. The topological polar surface area (TPSA) is 56.2 Å². The van der Waals surface area contributed by atoms with E-state index in [0.717, 1.165) is 24.0 Å². The molecule has 0 aliphatic carbocycles. The van der Waals surface area contributed by atoms with Gasteiger partial charge in [0, 0.05) is 11.2 Å². The van der Waals surface area contributed by atoms with Crippen molar-refractivity contribution >= 4 is 17.5 Å². The first-order chi connectivity index (χ1) is 14.9. The van der Waals surface area contributed by atoms with Gasteiger partial charge in [0.15, 0.2) is 6.73 Å². The molecular formula is C25H30ClN3O2. The third kappa shape index (κ3) is 5.88. The van der Waals surface area contributed by atoms with Gasteiger partial charge in [-0.3, -0.25) is 4.79 Å². The second kappa shape index (κ2) is 10.5. The molecule has 2 aromatic carbocycles. The fraction of sp³-hybridized carbons (Fsp3) is 0.360. The quantitative estimate of drug-likeness (QED) is 0.427. The predicted molar refractivity (Wildman–Crippen MR) is 125 cm³/mol. The summed E-state index contributed by atoms with van der Waals surface area (Å²) in [6.45, 7) is 8.61. The number of hydrogen-bond donors (Lipinski definition) is 1. The Hall–Kier alpha value is -2.79. The summed E-state index contributed by atoms with van der Waals surface area (Å²) in [7, 11) is 0. The van der Waals surface area contributed by atoms with Crippen LogP contribution in [0.5, 0.6) is 5.75 Å². The van der Waals surface area contributed by atoms with Crippen LogP contribution in [0, 0.1) is 6.92 Å². The lowest BCUT2D eigenvalue weighted by atomic mass is 9.95. The molecule has 3 aromatic rings. The van der Waals surface area contributed by atoms with Gasteiger partial charge in [-0.1, -0.05) is 56.6 Å². The van der Waals surface area contributed by atoms with Crippen molar-refractivity contribution in [2.75, 3.05) is 0 Å². The van der Waals surface area contributed by atoms with Crippen LogP contribution in [-0.2, 0) is 6.73 Å². The molecule has 1 amide bonds. The summed E-state index contributed by atoms with van der Waals surface area (Å²) < 4.78 is 7.34. The Bertz CT molecular complexity index is 1010. The largest absolute Gasteiger partial charge is 0.471 e. The van der Waals surface area contributed by atoms with E-state index in [4.69, 9.17) is 16.3 Å². The highest BCUT2D eigenvalue weighted by atomic mass is 35.5. The number of aromatic nitrogens is 2. The van der Waals surface area contributed by atoms with Gasteiger partial charge in [0.1, 0.15) is 11.4 Å². The monoisotopic (exact) mass is 439 g/mol. The molecule has 6 heteroatoms. The maximum Gasteiger partial charge on any atom is 0.272 e. The molecular weight excluding hydrogens is 410 g/mol. The molecule has 0 aliphatic rings. The maximum absolute atomic E-state index is 12.7. The van der Waals surface area contributed by atoms with Crippen molar-refractivity contribution in [2.45, 2.75) is 59.2 Å². The molecule has 1 heterocycles. The fourth-order valence-corrected chi connectivity index (χ4v) is 3.47. The molecule has 0 radical (unpaired) electrons. The van der Waals surface area contributed by atoms with E-state index in [0.29, 0.717) is 22.4 Å². The van der Waals surface area contributed by atoms with Crippen molar-refractivity contribution < 1.29 is 9.53 Å². The third-order valence-corrected chi connectivity index (χ3v) is 6.02. The van der Waals surface area contributed by atoms with E-state index >= 15 is 0 Å². The minimum atomic E-state index is -0.195. The smallest absolute Gasteiger partial charge is 0.272 e. The highest BCUT2D eigenvalue weighted by Gasteiger charge is 2.17. The second-order valence-corrected chi connectivity index (χ2v) is 8.24. The van der Waals surface area contributed by atoms with Gasteiger partial charge < -0.3 is 10.1 Å². The Kier molecular flexibility index (Phi) is 7.75. The van der Waals surface area contributed by atoms with Crippen LogP contribution < -0.4 is 10.1 Å². The molecule has 2 atom stereocenters. The van der Waals surface area contributed by atoms with Crippen LogP contribution in [-0.4, -0.2) is 15.7 Å². The van der Waals surface area contributed by atoms with E-state index in [1.165, 1.54) is 5.56 Å². The van der Waals surface area contributed by atoms with E-state index in [1.54, 1.807) is 23.0 Å². The SMILES string of the molecule is CCC(C)c1ccc(C(CC)NC(=O)c2ccn(COc3ccc(Cl)c(C)c3)n2)cc1. The van der Waals surface area contributed by atoms with Crippen LogP contribution in [0.3, 0.4) is 0 Å². The zero-order valence-corrected chi connectivity index (χ0v) is 19.3. The average Bonchev–Trinajstić information content (AvgIpc) is 3.27. The number of hydrogen-bond acceptors (Lipinski definition) is 3. The van der Waals surface area contributed by atoms with Gasteiger partial charge in [0.05, 0.1) is 6.04 Å². The third-order valence-electron chi connectivity index (χ3n) is 5.60. The van der Waals surface area contributed by atoms with Crippen LogP contribution in [0.1, 0.15) is 72.8 Å². The minimum absolute atomic E-state index is 0.0584. The molecule has 0 saturated heterocycles. The summed E-state index contributed by atoms with van der Waals surface area (Å²) in [6, 6.07) is 15.7. The summed E-state index contributed by atoms with van der Waals surface area (Å²) in [5, 5.41) is 8.14. The Balaban J connectivity index is 1.60. The van der Waals surface area contributed by atoms with E-state index in [2.05, 4.69) is 55.5 Å². The molecule has 31 heavy (non-hydrogen) atoms. The number of halogens is 1. The summed E-state index contributed by atoms with van der Waals surface area (Å²) in [5.74, 6) is 1.04. The van der Waals surface area contributed by atoms with Crippen LogP contribution >= 0.6 is 11.6 Å². The fourth-order valence-electron chi connectivity index (χ4n) is 3.35. The highest BCUT2D eigenvalue weighted by molar-refractivity contribution is 6.31. The van der Waals surface area contributed by atoms with Gasteiger partial charge in [0.2, 0.25) is 0 Å². The van der Waals surface area contributed by atoms with Gasteiger partial charge >= 0.3 is 0 Å². The second-order valence-electron chi connectivity index (χ2n) is 7.84. The Morgan fingerprint density at radius 1 is 1.10 bits per heavy atom. The summed E-state index contributed by atoms with van der Waals surface area (Å²) in [4.78, 5) is 12.7. The number of ether oxygens (including phenoxy) is 1. The van der Waals surface area contributed by atoms with Crippen molar-refractivity contribution in [2.24, 2.45) is 0 Å². The first kappa shape index (κ1) is 22.9. The molecule has 0 aliphatic heterocycles. The number of carbonyl (C=O) groups excluding carboxylic acids is 1. The maximum atomic E-state index is 12.7. The molecule has 1 aromatic heterocycles. The van der Waals surface area contributed by atoms with E-state index < -0.39 is 0 Å². The zero-order chi connectivity index (χ0) is 22.4. The van der Waals surface area contributed by atoms with Gasteiger partial charge in [0.25, 0.3) is 5.91 Å². The first-order valence-electron chi connectivity index (χ1n) is 10.7. The number of rotatable bonds is 9. The Morgan fingerprint density at radius 2 is 1.81 bits per heavy atom. The molecule has 0 spiro atoms. The molecule has 5 nitrogen and oxygen atoms in total. The average molecular weight is 440 g/mol. The van der Waals surface area contributed by atoms with Crippen molar-refractivity contribution in [1.29, 1.82) is 0 Å². The van der Waals surface area contributed by atoms with Crippen molar-refractivity contribution in [3.8, 4) is 5.75 Å². The highest BCUT2D eigenvalue weighted by Crippen LogP contribution is 2.23. The lowest BCUT2D eigenvalue weighted by molar-refractivity contribution is 0.0928. The van der Waals surface area contributed by atoms with Crippen molar-refractivity contribution in [3.05, 3.63) is 82.1 Å². The standard InChI is InChI=1S/C25H30ClN3O2/c1-5-17(3)19-7-9-20(10-8-19)23(6-2)27-25(30)24-13-14-29(28-24)16-31-21-11-12-22(26)18(4)15-21/h7-15,17,23H,5-6,16H2,1-4H3,(H,27,30). The summed E-state index contributed by atoms with van der Waals surface area (Å²) in [6.07, 6.45) is 3.64. The van der Waals surface area contributed by atoms with Gasteiger partial charge in [-0.15, -0.1) is 0 Å². The molecule has 2 unspecified atom stereocenters. The lowest BCUT2D eigenvalue weighted by Crippen LogP contribution is -2.28. The number of nitrogens with one attached hydrogen (secondary N) is 1. The van der Waals surface area contributed by atoms with E-state index in [9.17, 15) is 4.79 Å². The van der Waals surface area contributed by atoms with Crippen LogP contribution in [0.15, 0.2) is 54.7 Å². The number of carbonyl (C=O) groups is 1. The Morgan fingerprint density at radius 3 is 2.45 bits per heavy atom. The van der Waals surface area contributed by atoms with Crippen LogP contribution in [0.2, 0.25) is 5.02 Å². The van der Waals surface area contributed by atoms with Gasteiger partial charge in [-0.25, -0.2) is 4.68 Å². The van der Waals surface area contributed by atoms with Gasteiger partial charge in [-0.2, -0.15) is 5.10 Å². The number of nitrogens with zero attached hydrogens (tertiary/aromatic N) is 2. The van der Waals surface area contributed by atoms with Crippen LogP contribution in [0.4, 0.5) is 0 Å². The summed E-state index contributed by atoms with van der Waals surface area (Å²) >= 11 is 6.04. The molecule has 164 valence electrons. The zero-order valence-electron chi connectivity index (χ0n) is 18.6. The summed E-state index contributed by atoms with van der Waals surface area (Å²) in [5.41, 5.74) is 3.74. The predicted octanol–water partition coefficient (Wildman–Crippen LogP) is 6.28. The van der Waals surface area contributed by atoms with E-state index in [1.807, 2.05) is 19.1 Å². The minimum Gasteiger partial charge on any atom is -0.471 e.